The number of thioether (sulfide) groups is 1. The van der Waals surface area contributed by atoms with Crippen molar-refractivity contribution in [3.63, 3.8) is 0 Å². The fraction of sp³-hybridized carbons (Fsp3) is 0.120. The number of phenols is 1. The van der Waals surface area contributed by atoms with Crippen molar-refractivity contribution in [2.75, 3.05) is 12.0 Å². The molecule has 0 spiro atoms. The van der Waals surface area contributed by atoms with Gasteiger partial charge >= 0.3 is 0 Å². The Labute approximate surface area is 228 Å². The van der Waals surface area contributed by atoms with Gasteiger partial charge in [-0.05, 0) is 40.8 Å². The van der Waals surface area contributed by atoms with Crippen molar-refractivity contribution in [3.05, 3.63) is 92.3 Å². The molecular formula is C25H18ClN3O5S3. The van der Waals surface area contributed by atoms with Crippen LogP contribution in [0.3, 0.4) is 0 Å². The molecule has 1 unspecified atom stereocenters. The molecule has 0 fully saturated rings. The maximum Gasteiger partial charge on any atom is 0.296 e. The van der Waals surface area contributed by atoms with Gasteiger partial charge in [-0.25, -0.2) is 0 Å². The lowest BCUT2D eigenvalue weighted by Gasteiger charge is -2.24. The minimum absolute atomic E-state index is 0.0827. The molecule has 2 N–H and O–H groups in total. The van der Waals surface area contributed by atoms with Crippen LogP contribution in [-0.4, -0.2) is 39.2 Å². The lowest BCUT2D eigenvalue weighted by Crippen LogP contribution is -2.31. The van der Waals surface area contributed by atoms with E-state index in [0.29, 0.717) is 25.6 Å². The molecule has 0 bridgehead atoms. The smallest absolute Gasteiger partial charge is 0.296 e. The number of carbonyl (C=O) groups excluding carboxylic acids is 2. The molecule has 37 heavy (non-hydrogen) atoms. The molecule has 0 saturated heterocycles. The zero-order valence-corrected chi connectivity index (χ0v) is 22.3. The van der Waals surface area contributed by atoms with Crippen LogP contribution >= 0.6 is 46.0 Å². The molecule has 0 saturated carbocycles. The molecule has 1 atom stereocenters. The molecule has 1 amide bonds. The summed E-state index contributed by atoms with van der Waals surface area (Å²) in [6, 6.07) is 14.3. The van der Waals surface area contributed by atoms with Gasteiger partial charge < -0.3 is 14.9 Å². The quantitative estimate of drug-likeness (QED) is 0.149. The summed E-state index contributed by atoms with van der Waals surface area (Å²) < 4.78 is 5.83. The monoisotopic (exact) mass is 571 g/mol. The number of anilines is 1. The summed E-state index contributed by atoms with van der Waals surface area (Å²) in [4.78, 5) is 28.4. The van der Waals surface area contributed by atoms with Gasteiger partial charge in [0, 0.05) is 10.8 Å². The van der Waals surface area contributed by atoms with E-state index in [-0.39, 0.29) is 22.2 Å². The summed E-state index contributed by atoms with van der Waals surface area (Å²) in [5.74, 6) is -1.29. The summed E-state index contributed by atoms with van der Waals surface area (Å²) in [7, 11) is 1.40. The fourth-order valence-electron chi connectivity index (χ4n) is 3.87. The Morgan fingerprint density at radius 3 is 2.70 bits per heavy atom. The van der Waals surface area contributed by atoms with E-state index in [0.717, 1.165) is 16.9 Å². The van der Waals surface area contributed by atoms with Gasteiger partial charge in [0.15, 0.2) is 21.6 Å². The van der Waals surface area contributed by atoms with Gasteiger partial charge in [-0.3, -0.25) is 14.5 Å². The van der Waals surface area contributed by atoms with Gasteiger partial charge in [-0.1, -0.05) is 65.0 Å². The van der Waals surface area contributed by atoms with Gasteiger partial charge in [0.25, 0.3) is 5.91 Å². The first kappa shape index (κ1) is 25.3. The van der Waals surface area contributed by atoms with Gasteiger partial charge in [0.2, 0.25) is 10.9 Å². The van der Waals surface area contributed by atoms with Crippen LogP contribution in [0.15, 0.2) is 75.6 Å². The molecule has 2 aromatic carbocycles. The molecule has 1 aliphatic heterocycles. The maximum absolute atomic E-state index is 13.4. The lowest BCUT2D eigenvalue weighted by atomic mass is 9.95. The Hall–Kier alpha value is -3.38. The van der Waals surface area contributed by atoms with E-state index in [1.807, 2.05) is 24.3 Å². The Morgan fingerprint density at radius 2 is 1.97 bits per heavy atom. The topological polar surface area (TPSA) is 113 Å². The first-order chi connectivity index (χ1) is 17.9. The molecule has 2 aromatic heterocycles. The molecule has 3 heterocycles. The third kappa shape index (κ3) is 4.82. The lowest BCUT2D eigenvalue weighted by molar-refractivity contribution is -0.117. The average molecular weight is 572 g/mol. The number of aromatic nitrogens is 2. The van der Waals surface area contributed by atoms with E-state index in [1.165, 1.54) is 47.2 Å². The second-order valence-corrected chi connectivity index (χ2v) is 11.3. The highest BCUT2D eigenvalue weighted by molar-refractivity contribution is 8.00. The number of Topliss-reactive ketones (excluding diaryl/α,β-unsaturated/α-hetero) is 1. The molecule has 4 aromatic rings. The number of hydrogen-bond donors (Lipinski definition) is 2. The van der Waals surface area contributed by atoms with E-state index in [4.69, 9.17) is 16.3 Å². The highest BCUT2D eigenvalue weighted by Crippen LogP contribution is 2.45. The average Bonchev–Trinajstić information content (AvgIpc) is 3.65. The summed E-state index contributed by atoms with van der Waals surface area (Å²) in [6.07, 6.45) is 0. The van der Waals surface area contributed by atoms with Crippen LogP contribution < -0.4 is 9.64 Å². The number of amides is 1. The number of carbonyl (C=O) groups is 2. The maximum atomic E-state index is 13.4. The molecule has 5 rings (SSSR count). The summed E-state index contributed by atoms with van der Waals surface area (Å²) >= 11 is 10.0. The molecule has 0 radical (unpaired) electrons. The third-order valence-corrected chi connectivity index (χ3v) is 8.97. The number of phenolic OH excluding ortho intramolecular Hbond substituents is 1. The number of rotatable bonds is 8. The molecule has 1 aliphatic rings. The minimum Gasteiger partial charge on any atom is -0.504 e. The number of ether oxygens (including phenoxy) is 1. The number of methoxy groups -OCH3 is 1. The Bertz CT molecular complexity index is 1520. The standard InChI is InChI=1S/C25H18ClN3O5S3/c1-34-17-11-13(8-9-16(17)30)20-19(21(31)18-7-4-10-35-18)22(32)23(33)29(20)24-27-28-25(37-24)36-12-14-5-2-3-6-15(14)26/h2-11,20,30,32H,12H2,1H3. The van der Waals surface area contributed by atoms with Crippen LogP contribution in [-0.2, 0) is 10.5 Å². The Morgan fingerprint density at radius 1 is 1.16 bits per heavy atom. The predicted octanol–water partition coefficient (Wildman–Crippen LogP) is 6.04. The number of hydrogen-bond acceptors (Lipinski definition) is 10. The van der Waals surface area contributed by atoms with Crippen molar-refractivity contribution in [1.29, 1.82) is 0 Å². The predicted molar refractivity (Wildman–Crippen MR) is 144 cm³/mol. The van der Waals surface area contributed by atoms with Crippen molar-refractivity contribution < 1.29 is 24.5 Å². The normalized spacial score (nSPS) is 15.5. The van der Waals surface area contributed by atoms with Gasteiger partial charge in [-0.15, -0.1) is 21.5 Å². The van der Waals surface area contributed by atoms with Crippen molar-refractivity contribution in [2.45, 2.75) is 16.1 Å². The van der Waals surface area contributed by atoms with E-state index in [2.05, 4.69) is 10.2 Å². The van der Waals surface area contributed by atoms with Crippen molar-refractivity contribution in [3.8, 4) is 11.5 Å². The van der Waals surface area contributed by atoms with Crippen LogP contribution in [0.1, 0.15) is 26.8 Å². The summed E-state index contributed by atoms with van der Waals surface area (Å²) in [6.45, 7) is 0. The van der Waals surface area contributed by atoms with Crippen molar-refractivity contribution >= 4 is 62.9 Å². The van der Waals surface area contributed by atoms with E-state index in [1.54, 1.807) is 23.6 Å². The zero-order chi connectivity index (χ0) is 26.1. The van der Waals surface area contributed by atoms with Crippen LogP contribution in [0.25, 0.3) is 0 Å². The number of aliphatic hydroxyl groups is 1. The Kier molecular flexibility index (Phi) is 7.20. The SMILES string of the molecule is COc1cc(C2C(C(=O)c3cccs3)=C(O)C(=O)N2c2nnc(SCc3ccccc3Cl)s2)ccc1O. The molecule has 12 heteroatoms. The van der Waals surface area contributed by atoms with Crippen LogP contribution in [0.4, 0.5) is 5.13 Å². The number of halogens is 1. The van der Waals surface area contributed by atoms with E-state index >= 15 is 0 Å². The number of ketones is 1. The number of aliphatic hydroxyl groups excluding tert-OH is 1. The highest BCUT2D eigenvalue weighted by Gasteiger charge is 2.46. The minimum atomic E-state index is -1.01. The molecule has 0 aliphatic carbocycles. The molecule has 8 nitrogen and oxygen atoms in total. The highest BCUT2D eigenvalue weighted by atomic mass is 35.5. The van der Waals surface area contributed by atoms with Crippen molar-refractivity contribution in [1.82, 2.24) is 10.2 Å². The van der Waals surface area contributed by atoms with Gasteiger partial charge in [0.1, 0.15) is 0 Å². The number of aromatic hydroxyl groups is 1. The van der Waals surface area contributed by atoms with E-state index in [9.17, 15) is 19.8 Å². The van der Waals surface area contributed by atoms with Gasteiger partial charge in [0.05, 0.1) is 23.6 Å². The zero-order valence-electron chi connectivity index (χ0n) is 19.1. The summed E-state index contributed by atoms with van der Waals surface area (Å²) in [5.41, 5.74) is 1.30. The van der Waals surface area contributed by atoms with Crippen LogP contribution in [0.2, 0.25) is 5.02 Å². The number of benzene rings is 2. The van der Waals surface area contributed by atoms with Crippen molar-refractivity contribution in [2.24, 2.45) is 0 Å². The van der Waals surface area contributed by atoms with Crippen LogP contribution in [0.5, 0.6) is 11.5 Å². The fourth-order valence-corrected chi connectivity index (χ4v) is 6.70. The molecule has 188 valence electrons. The second kappa shape index (κ2) is 10.5. The number of thiophene rings is 1. The second-order valence-electron chi connectivity index (χ2n) is 7.81. The Balaban J connectivity index is 1.52. The largest absolute Gasteiger partial charge is 0.504 e. The van der Waals surface area contributed by atoms with E-state index < -0.39 is 23.5 Å². The van der Waals surface area contributed by atoms with Gasteiger partial charge in [-0.2, -0.15) is 0 Å². The first-order valence-corrected chi connectivity index (χ1v) is 13.9. The summed E-state index contributed by atoms with van der Waals surface area (Å²) in [5, 5.41) is 32.0. The van der Waals surface area contributed by atoms with Crippen LogP contribution in [0, 0.1) is 0 Å². The third-order valence-electron chi connectivity index (χ3n) is 5.63. The first-order valence-electron chi connectivity index (χ1n) is 10.8. The number of nitrogens with zero attached hydrogens (tertiary/aromatic N) is 3. The molecular weight excluding hydrogens is 554 g/mol.